The summed E-state index contributed by atoms with van der Waals surface area (Å²) in [6.45, 7) is 2.96. The number of hydrogen-bond donors (Lipinski definition) is 1. The van der Waals surface area contributed by atoms with Gasteiger partial charge in [0.15, 0.2) is 11.5 Å². The highest BCUT2D eigenvalue weighted by atomic mass is 79.9. The van der Waals surface area contributed by atoms with Gasteiger partial charge in [-0.2, -0.15) is 0 Å². The lowest BCUT2D eigenvalue weighted by Crippen LogP contribution is -2.01. The standard InChI is InChI=1S/C22H18Br2N2O2/c1-2-27-20-12-15(22-25-18-5-3-4-6-19(18)26-22)11-17(24)21(20)28-13-14-7-9-16(23)10-8-14/h3-12H,2,13H2,1H3,(H,25,26). The zero-order chi connectivity index (χ0) is 19.5. The molecule has 6 heteroatoms. The van der Waals surface area contributed by atoms with E-state index < -0.39 is 0 Å². The van der Waals surface area contributed by atoms with E-state index in [1.165, 1.54) is 0 Å². The molecule has 0 spiro atoms. The fourth-order valence-corrected chi connectivity index (χ4v) is 3.75. The Labute approximate surface area is 180 Å². The van der Waals surface area contributed by atoms with Crippen LogP contribution in [0.1, 0.15) is 12.5 Å². The van der Waals surface area contributed by atoms with Crippen LogP contribution in [-0.2, 0) is 6.61 Å². The van der Waals surface area contributed by atoms with Crippen molar-refractivity contribution in [2.75, 3.05) is 6.61 Å². The summed E-state index contributed by atoms with van der Waals surface area (Å²) < 4.78 is 13.8. The van der Waals surface area contributed by atoms with Crippen LogP contribution in [0.5, 0.6) is 11.5 Å². The Morgan fingerprint density at radius 2 is 1.75 bits per heavy atom. The molecule has 0 unspecified atom stereocenters. The number of aromatic amines is 1. The van der Waals surface area contributed by atoms with Crippen LogP contribution in [-0.4, -0.2) is 16.6 Å². The molecule has 4 aromatic rings. The Morgan fingerprint density at radius 1 is 0.964 bits per heavy atom. The fraction of sp³-hybridized carbons (Fsp3) is 0.136. The molecule has 0 atom stereocenters. The van der Waals surface area contributed by atoms with Crippen molar-refractivity contribution in [1.29, 1.82) is 0 Å². The number of nitrogens with one attached hydrogen (secondary N) is 1. The average Bonchev–Trinajstić information content (AvgIpc) is 3.13. The van der Waals surface area contributed by atoms with Crippen molar-refractivity contribution >= 4 is 42.9 Å². The van der Waals surface area contributed by atoms with Crippen molar-refractivity contribution in [1.82, 2.24) is 9.97 Å². The molecule has 4 rings (SSSR count). The van der Waals surface area contributed by atoms with Crippen molar-refractivity contribution in [2.24, 2.45) is 0 Å². The van der Waals surface area contributed by atoms with Gasteiger partial charge in [0.1, 0.15) is 12.4 Å². The molecule has 0 aliphatic rings. The number of para-hydroxylation sites is 2. The van der Waals surface area contributed by atoms with Crippen LogP contribution in [0.3, 0.4) is 0 Å². The number of fused-ring (bicyclic) bond motifs is 1. The number of imidazole rings is 1. The van der Waals surface area contributed by atoms with E-state index in [0.29, 0.717) is 24.7 Å². The predicted octanol–water partition coefficient (Wildman–Crippen LogP) is 6.73. The predicted molar refractivity (Wildman–Crippen MR) is 119 cm³/mol. The summed E-state index contributed by atoms with van der Waals surface area (Å²) in [6.07, 6.45) is 0. The van der Waals surface area contributed by atoms with E-state index >= 15 is 0 Å². The first-order chi connectivity index (χ1) is 13.6. The minimum absolute atomic E-state index is 0.454. The summed E-state index contributed by atoms with van der Waals surface area (Å²) in [5.41, 5.74) is 3.95. The van der Waals surface area contributed by atoms with E-state index in [2.05, 4.69) is 41.8 Å². The molecule has 4 nitrogen and oxygen atoms in total. The monoisotopic (exact) mass is 500 g/mol. The van der Waals surface area contributed by atoms with Crippen LogP contribution in [0.15, 0.2) is 69.6 Å². The Hall–Kier alpha value is -2.31. The Bertz CT molecular complexity index is 1070. The molecule has 3 aromatic carbocycles. The topological polar surface area (TPSA) is 47.1 Å². The maximum Gasteiger partial charge on any atom is 0.175 e. The Kier molecular flexibility index (Phi) is 5.69. The van der Waals surface area contributed by atoms with Crippen molar-refractivity contribution in [3.8, 4) is 22.9 Å². The van der Waals surface area contributed by atoms with E-state index in [1.54, 1.807) is 0 Å². The lowest BCUT2D eigenvalue weighted by molar-refractivity contribution is 0.268. The highest BCUT2D eigenvalue weighted by molar-refractivity contribution is 9.10. The molecule has 0 aliphatic heterocycles. The van der Waals surface area contributed by atoms with Crippen LogP contribution >= 0.6 is 31.9 Å². The fourth-order valence-electron chi connectivity index (χ4n) is 2.93. The first-order valence-electron chi connectivity index (χ1n) is 8.92. The number of nitrogens with zero attached hydrogens (tertiary/aromatic N) is 1. The average molecular weight is 502 g/mol. The summed E-state index contributed by atoms with van der Waals surface area (Å²) >= 11 is 7.09. The smallest absolute Gasteiger partial charge is 0.175 e. The van der Waals surface area contributed by atoms with Crippen molar-refractivity contribution < 1.29 is 9.47 Å². The molecule has 1 N–H and O–H groups in total. The molecule has 0 fully saturated rings. The molecule has 142 valence electrons. The van der Waals surface area contributed by atoms with Gasteiger partial charge in [-0.25, -0.2) is 4.98 Å². The minimum atomic E-state index is 0.454. The van der Waals surface area contributed by atoms with E-state index in [4.69, 9.17) is 9.47 Å². The van der Waals surface area contributed by atoms with E-state index in [0.717, 1.165) is 36.9 Å². The maximum absolute atomic E-state index is 6.08. The third-order valence-electron chi connectivity index (χ3n) is 4.27. The SMILES string of the molecule is CCOc1cc(-c2nc3ccccc3[nH]2)cc(Br)c1OCc1ccc(Br)cc1. The van der Waals surface area contributed by atoms with Gasteiger partial charge in [0, 0.05) is 10.0 Å². The Balaban J connectivity index is 1.66. The van der Waals surface area contributed by atoms with Gasteiger partial charge in [0.05, 0.1) is 22.1 Å². The van der Waals surface area contributed by atoms with Crippen LogP contribution < -0.4 is 9.47 Å². The molecule has 1 aromatic heterocycles. The highest BCUT2D eigenvalue weighted by Gasteiger charge is 2.15. The van der Waals surface area contributed by atoms with E-state index in [9.17, 15) is 0 Å². The minimum Gasteiger partial charge on any atom is -0.490 e. The number of aromatic nitrogens is 2. The summed E-state index contributed by atoms with van der Waals surface area (Å²) in [6, 6.07) is 20.0. The molecule has 0 saturated heterocycles. The zero-order valence-electron chi connectivity index (χ0n) is 15.2. The van der Waals surface area contributed by atoms with Gasteiger partial charge >= 0.3 is 0 Å². The molecule has 0 bridgehead atoms. The highest BCUT2D eigenvalue weighted by Crippen LogP contribution is 2.40. The van der Waals surface area contributed by atoms with Crippen LogP contribution in [0.25, 0.3) is 22.4 Å². The largest absolute Gasteiger partial charge is 0.490 e. The number of halogens is 2. The number of hydrogen-bond acceptors (Lipinski definition) is 3. The number of ether oxygens (including phenoxy) is 2. The summed E-state index contributed by atoms with van der Waals surface area (Å²) in [5.74, 6) is 2.16. The quantitative estimate of drug-likeness (QED) is 0.318. The van der Waals surface area contributed by atoms with Crippen LogP contribution in [0.4, 0.5) is 0 Å². The maximum atomic E-state index is 6.08. The summed E-state index contributed by atoms with van der Waals surface area (Å²) in [5, 5.41) is 0. The molecule has 0 aliphatic carbocycles. The van der Waals surface area contributed by atoms with Crippen molar-refractivity contribution in [2.45, 2.75) is 13.5 Å². The molecule has 0 saturated carbocycles. The normalized spacial score (nSPS) is 11.0. The van der Waals surface area contributed by atoms with Gasteiger partial charge < -0.3 is 14.5 Å². The third kappa shape index (κ3) is 4.08. The van der Waals surface area contributed by atoms with Gasteiger partial charge in [-0.3, -0.25) is 0 Å². The Morgan fingerprint density at radius 3 is 2.50 bits per heavy atom. The second-order valence-electron chi connectivity index (χ2n) is 6.24. The van der Waals surface area contributed by atoms with Gasteiger partial charge in [-0.15, -0.1) is 0 Å². The zero-order valence-corrected chi connectivity index (χ0v) is 18.4. The molecule has 1 heterocycles. The summed E-state index contributed by atoms with van der Waals surface area (Å²) in [4.78, 5) is 8.04. The van der Waals surface area contributed by atoms with Crippen LogP contribution in [0, 0.1) is 0 Å². The van der Waals surface area contributed by atoms with Crippen LogP contribution in [0.2, 0.25) is 0 Å². The number of H-pyrrole nitrogens is 1. The second kappa shape index (κ2) is 8.37. The second-order valence-corrected chi connectivity index (χ2v) is 8.01. The van der Waals surface area contributed by atoms with E-state index in [-0.39, 0.29) is 0 Å². The first kappa shape index (κ1) is 19.0. The van der Waals surface area contributed by atoms with Crippen molar-refractivity contribution in [3.05, 3.63) is 75.2 Å². The molecule has 0 amide bonds. The lowest BCUT2D eigenvalue weighted by atomic mass is 10.2. The van der Waals surface area contributed by atoms with Gasteiger partial charge in [0.2, 0.25) is 0 Å². The number of benzene rings is 3. The number of rotatable bonds is 6. The molecular weight excluding hydrogens is 484 g/mol. The summed E-state index contributed by atoms with van der Waals surface area (Å²) in [7, 11) is 0. The van der Waals surface area contributed by atoms with Gasteiger partial charge in [0.25, 0.3) is 0 Å². The molecule has 28 heavy (non-hydrogen) atoms. The third-order valence-corrected chi connectivity index (χ3v) is 5.39. The van der Waals surface area contributed by atoms with Gasteiger partial charge in [-0.05, 0) is 64.8 Å². The molecule has 0 radical (unpaired) electrons. The van der Waals surface area contributed by atoms with Crippen molar-refractivity contribution in [3.63, 3.8) is 0 Å². The molecular formula is C22H18Br2N2O2. The lowest BCUT2D eigenvalue weighted by Gasteiger charge is -2.15. The first-order valence-corrected chi connectivity index (χ1v) is 10.5. The van der Waals surface area contributed by atoms with Gasteiger partial charge in [-0.1, -0.05) is 40.2 Å². The van der Waals surface area contributed by atoms with E-state index in [1.807, 2.05) is 67.6 Å².